The number of ether oxygens (including phenoxy) is 1. The van der Waals surface area contributed by atoms with E-state index in [9.17, 15) is 14.4 Å². The van der Waals surface area contributed by atoms with Crippen LogP contribution in [0, 0.1) is 47.3 Å². The summed E-state index contributed by atoms with van der Waals surface area (Å²) in [6.07, 6.45) is 11.7. The topological polar surface area (TPSA) is 63.7 Å². The fraction of sp³-hybridized carbons (Fsp3) is 0.360. The number of amides is 3. The minimum Gasteiger partial charge on any atom is -0.444 e. The second-order valence-corrected chi connectivity index (χ2v) is 8.84. The predicted molar refractivity (Wildman–Crippen MR) is 107 cm³/mol. The Morgan fingerprint density at radius 1 is 0.867 bits per heavy atom. The average Bonchev–Trinajstić information content (AvgIpc) is 3.37. The standard InChI is InChI=1S/C25H21NO4/c27-23-21-19-15-9-4-5-10-16(15)20(18-12-6-11-17(18)19)22(21)24(28)26(23)25(29)30-13-14-7-2-1-3-8-14/h1-5,7-12,15-22H,13H2. The third kappa shape index (κ3) is 2.27. The second-order valence-electron chi connectivity index (χ2n) is 8.84. The molecule has 3 saturated carbocycles. The minimum atomic E-state index is -0.854. The van der Waals surface area contributed by atoms with Gasteiger partial charge in [-0.3, -0.25) is 9.59 Å². The monoisotopic (exact) mass is 399 g/mol. The molecule has 6 aliphatic rings. The van der Waals surface area contributed by atoms with E-state index in [4.69, 9.17) is 4.74 Å². The van der Waals surface area contributed by atoms with Gasteiger partial charge in [0.25, 0.3) is 0 Å². The van der Waals surface area contributed by atoms with E-state index in [1.165, 1.54) is 0 Å². The summed E-state index contributed by atoms with van der Waals surface area (Å²) >= 11 is 0. The van der Waals surface area contributed by atoms with Crippen LogP contribution < -0.4 is 0 Å². The molecule has 5 heteroatoms. The first-order valence-corrected chi connectivity index (χ1v) is 10.5. The molecular formula is C25H21NO4. The molecule has 4 fully saturated rings. The van der Waals surface area contributed by atoms with Gasteiger partial charge in [0, 0.05) is 0 Å². The van der Waals surface area contributed by atoms with Gasteiger partial charge in [0.2, 0.25) is 11.8 Å². The maximum absolute atomic E-state index is 13.4. The number of likely N-dealkylation sites (tertiary alicyclic amines) is 1. The summed E-state index contributed by atoms with van der Waals surface area (Å²) in [5.41, 5.74) is 4.05. The van der Waals surface area contributed by atoms with E-state index in [1.807, 2.05) is 42.5 Å². The lowest BCUT2D eigenvalue weighted by Crippen LogP contribution is -2.58. The van der Waals surface area contributed by atoms with E-state index in [1.54, 1.807) is 0 Å². The van der Waals surface area contributed by atoms with Crippen LogP contribution in [-0.2, 0) is 20.9 Å². The summed E-state index contributed by atoms with van der Waals surface area (Å²) in [5, 5.41) is 0. The van der Waals surface area contributed by atoms with Crippen molar-refractivity contribution in [1.82, 2.24) is 4.90 Å². The van der Waals surface area contributed by atoms with Crippen LogP contribution in [0.2, 0.25) is 0 Å². The molecule has 0 N–H and O–H groups in total. The molecule has 30 heavy (non-hydrogen) atoms. The number of benzene rings is 1. The number of carbonyl (C=O) groups is 3. The summed E-state index contributed by atoms with van der Waals surface area (Å²) in [4.78, 5) is 40.3. The van der Waals surface area contributed by atoms with Gasteiger partial charge >= 0.3 is 6.09 Å². The molecule has 1 saturated heterocycles. The summed E-state index contributed by atoms with van der Waals surface area (Å²) in [7, 11) is 0. The Hall–Kier alpha value is -3.17. The Morgan fingerprint density at radius 2 is 1.43 bits per heavy atom. The molecule has 5 nitrogen and oxygen atoms in total. The van der Waals surface area contributed by atoms with E-state index in [0.29, 0.717) is 0 Å². The van der Waals surface area contributed by atoms with Crippen LogP contribution in [0.25, 0.3) is 0 Å². The molecule has 8 unspecified atom stereocenters. The van der Waals surface area contributed by atoms with Crippen LogP contribution in [0.5, 0.6) is 0 Å². The van der Waals surface area contributed by atoms with Crippen molar-refractivity contribution in [3.05, 3.63) is 78.1 Å². The lowest BCUT2D eigenvalue weighted by atomic mass is 9.44. The molecule has 1 heterocycles. The third-order valence-corrected chi connectivity index (χ3v) is 7.64. The maximum atomic E-state index is 13.4. The molecule has 150 valence electrons. The van der Waals surface area contributed by atoms with Gasteiger partial charge in [-0.15, -0.1) is 5.73 Å². The Labute approximate surface area is 174 Å². The summed E-state index contributed by atoms with van der Waals surface area (Å²) in [5.74, 6) is -0.873. The van der Waals surface area contributed by atoms with E-state index in [2.05, 4.69) is 30.0 Å². The molecule has 0 spiro atoms. The summed E-state index contributed by atoms with van der Waals surface area (Å²) in [6.45, 7) is 0.0341. The van der Waals surface area contributed by atoms with Gasteiger partial charge in [-0.25, -0.2) is 4.79 Å². The van der Waals surface area contributed by atoms with Gasteiger partial charge in [-0.1, -0.05) is 54.6 Å². The van der Waals surface area contributed by atoms with Gasteiger partial charge in [0.15, 0.2) is 0 Å². The number of carbonyl (C=O) groups excluding carboxylic acids is 3. The van der Waals surface area contributed by atoms with Crippen molar-refractivity contribution in [2.24, 2.45) is 47.3 Å². The Kier molecular flexibility index (Phi) is 3.78. The SMILES string of the molecule is O=C(OCc1ccccc1)N1C(=O)C2C(C1=O)C1C3C=C=CC3C2C2C=CC=CC21. The van der Waals surface area contributed by atoms with Crippen molar-refractivity contribution in [3.8, 4) is 0 Å². The van der Waals surface area contributed by atoms with Gasteiger partial charge < -0.3 is 4.74 Å². The number of nitrogens with zero attached hydrogens (tertiary/aromatic N) is 1. The smallest absolute Gasteiger partial charge is 0.423 e. The van der Waals surface area contributed by atoms with Crippen molar-refractivity contribution in [3.63, 3.8) is 0 Å². The average molecular weight is 399 g/mol. The number of imide groups is 3. The van der Waals surface area contributed by atoms with Crippen LogP contribution in [0.4, 0.5) is 4.79 Å². The maximum Gasteiger partial charge on any atom is 0.423 e. The van der Waals surface area contributed by atoms with Crippen molar-refractivity contribution in [1.29, 1.82) is 0 Å². The van der Waals surface area contributed by atoms with Crippen LogP contribution in [-0.4, -0.2) is 22.8 Å². The Morgan fingerprint density at radius 3 is 2.00 bits per heavy atom. The highest BCUT2D eigenvalue weighted by Crippen LogP contribution is 2.64. The van der Waals surface area contributed by atoms with Crippen molar-refractivity contribution in [2.75, 3.05) is 0 Å². The minimum absolute atomic E-state index is 0.00539. The van der Waals surface area contributed by atoms with E-state index in [0.717, 1.165) is 10.5 Å². The van der Waals surface area contributed by atoms with E-state index < -0.39 is 29.7 Å². The number of hydrogen-bond acceptors (Lipinski definition) is 4. The predicted octanol–water partition coefficient (Wildman–Crippen LogP) is 3.50. The van der Waals surface area contributed by atoms with Crippen LogP contribution >= 0.6 is 0 Å². The quantitative estimate of drug-likeness (QED) is 0.564. The lowest BCUT2D eigenvalue weighted by Gasteiger charge is -2.57. The number of allylic oxidation sites excluding steroid dienone is 5. The van der Waals surface area contributed by atoms with Gasteiger partial charge in [0.1, 0.15) is 6.61 Å². The van der Waals surface area contributed by atoms with Crippen LogP contribution in [0.15, 0.2) is 72.5 Å². The molecule has 0 aromatic heterocycles. The van der Waals surface area contributed by atoms with E-state index in [-0.39, 0.29) is 42.1 Å². The Balaban J connectivity index is 1.32. The molecule has 1 aliphatic heterocycles. The zero-order valence-electron chi connectivity index (χ0n) is 16.3. The molecule has 1 aromatic rings. The Bertz CT molecular complexity index is 1010. The molecular weight excluding hydrogens is 378 g/mol. The highest BCUT2D eigenvalue weighted by atomic mass is 16.6. The van der Waals surface area contributed by atoms with Crippen molar-refractivity contribution in [2.45, 2.75) is 6.61 Å². The number of rotatable bonds is 2. The lowest BCUT2D eigenvalue weighted by molar-refractivity contribution is -0.143. The molecule has 0 radical (unpaired) electrons. The van der Waals surface area contributed by atoms with E-state index >= 15 is 0 Å². The summed E-state index contributed by atoms with van der Waals surface area (Å²) < 4.78 is 5.35. The van der Waals surface area contributed by atoms with Crippen LogP contribution in [0.3, 0.4) is 0 Å². The zero-order valence-corrected chi connectivity index (χ0v) is 16.3. The van der Waals surface area contributed by atoms with Crippen molar-refractivity contribution >= 4 is 17.9 Å². The van der Waals surface area contributed by atoms with Gasteiger partial charge in [-0.05, 0) is 53.2 Å². The first kappa shape index (κ1) is 17.7. The molecule has 7 rings (SSSR count). The first-order chi connectivity index (χ1) is 14.7. The van der Waals surface area contributed by atoms with Crippen molar-refractivity contribution < 1.29 is 19.1 Å². The second kappa shape index (κ2) is 6.41. The van der Waals surface area contributed by atoms with Crippen LogP contribution in [0.1, 0.15) is 5.56 Å². The molecule has 3 amide bonds. The normalized spacial score (nSPS) is 39.3. The highest BCUT2D eigenvalue weighted by Gasteiger charge is 2.69. The largest absolute Gasteiger partial charge is 0.444 e. The summed E-state index contributed by atoms with van der Waals surface area (Å²) in [6, 6.07) is 9.25. The molecule has 1 aromatic carbocycles. The highest BCUT2D eigenvalue weighted by molar-refractivity contribution is 6.16. The van der Waals surface area contributed by atoms with Gasteiger partial charge in [0.05, 0.1) is 11.8 Å². The molecule has 5 aliphatic carbocycles. The van der Waals surface area contributed by atoms with Gasteiger partial charge in [-0.2, -0.15) is 4.90 Å². The molecule has 2 bridgehead atoms. The molecule has 8 atom stereocenters. The zero-order chi connectivity index (χ0) is 20.4. The number of hydrogen-bond donors (Lipinski definition) is 0. The third-order valence-electron chi connectivity index (χ3n) is 7.64. The fourth-order valence-electron chi connectivity index (χ4n) is 6.60. The first-order valence-electron chi connectivity index (χ1n) is 10.5. The fourth-order valence-corrected chi connectivity index (χ4v) is 6.60.